The molecule has 11 nitrogen and oxygen atoms in total. The second-order valence-corrected chi connectivity index (χ2v) is 8.62. The van der Waals surface area contributed by atoms with Crippen molar-refractivity contribution in [3.05, 3.63) is 41.6 Å². The van der Waals surface area contributed by atoms with Gasteiger partial charge in [0.05, 0.1) is 12.6 Å². The molecule has 3 heterocycles. The molecule has 1 aromatic carbocycles. The Kier molecular flexibility index (Phi) is 7.10. The Bertz CT molecular complexity index is 1430. The molecule has 4 aromatic rings. The number of hydrogen-bond acceptors (Lipinski definition) is 10. The maximum atomic E-state index is 10.2. The second kappa shape index (κ2) is 10.2. The number of pyridine rings is 1. The third-order valence-electron chi connectivity index (χ3n) is 5.40. The number of aliphatic hydroxyl groups is 1. The number of aromatic nitrogens is 5. The van der Waals surface area contributed by atoms with Crippen LogP contribution in [0.25, 0.3) is 22.6 Å². The van der Waals surface area contributed by atoms with Crippen LogP contribution in [0.15, 0.2) is 35.0 Å². The summed E-state index contributed by atoms with van der Waals surface area (Å²) < 4.78 is 18.4. The fourth-order valence-corrected chi connectivity index (χ4v) is 3.74. The lowest BCUT2D eigenvalue weighted by Gasteiger charge is -2.19. The Morgan fingerprint density at radius 2 is 2.03 bits per heavy atom. The lowest BCUT2D eigenvalue weighted by molar-refractivity contribution is 0.143. The first-order valence-corrected chi connectivity index (χ1v) is 11.5. The highest BCUT2D eigenvalue weighted by Crippen LogP contribution is 2.32. The average molecular weight is 492 g/mol. The summed E-state index contributed by atoms with van der Waals surface area (Å²) >= 11 is 0. The van der Waals surface area contributed by atoms with Crippen LogP contribution in [0.1, 0.15) is 44.6 Å². The summed E-state index contributed by atoms with van der Waals surface area (Å²) in [7, 11) is 1.61. The van der Waals surface area contributed by atoms with E-state index in [9.17, 15) is 5.11 Å². The smallest absolute Gasteiger partial charge is 0.217 e. The van der Waals surface area contributed by atoms with Crippen LogP contribution in [0.2, 0.25) is 0 Å². The summed E-state index contributed by atoms with van der Waals surface area (Å²) in [5.41, 5.74) is 13.4. The molecule has 0 aliphatic heterocycles. The zero-order chi connectivity index (χ0) is 25.9. The maximum Gasteiger partial charge on any atom is 0.217 e. The van der Waals surface area contributed by atoms with E-state index >= 15 is 0 Å². The van der Waals surface area contributed by atoms with Crippen molar-refractivity contribution in [2.75, 3.05) is 19.4 Å². The van der Waals surface area contributed by atoms with Gasteiger partial charge < -0.3 is 30.6 Å². The van der Waals surface area contributed by atoms with Gasteiger partial charge in [-0.3, -0.25) is 0 Å². The number of hydrogen-bond donors (Lipinski definition) is 3. The Hall–Kier alpha value is -4.14. The summed E-state index contributed by atoms with van der Waals surface area (Å²) in [4.78, 5) is 9.35. The Morgan fingerprint density at radius 1 is 1.22 bits per heavy atom. The fourth-order valence-electron chi connectivity index (χ4n) is 3.74. The number of anilines is 1. The van der Waals surface area contributed by atoms with Crippen molar-refractivity contribution in [3.63, 3.8) is 0 Å². The number of aryl methyl sites for hydroxylation is 1. The van der Waals surface area contributed by atoms with E-state index in [1.165, 1.54) is 0 Å². The summed E-state index contributed by atoms with van der Waals surface area (Å²) in [5.74, 6) is 7.38. The lowest BCUT2D eigenvalue weighted by atomic mass is 10.1. The van der Waals surface area contributed by atoms with E-state index in [1.807, 2.05) is 35.8 Å². The Labute approximate surface area is 208 Å². The SMILES string of the molecule is CCn1c(-c2nonc2N)nc2c(C#CC(C)(C)O)nc(OC(CCN)c3cccc(OC)c3)cc21. The number of methoxy groups -OCH3 is 1. The molecule has 36 heavy (non-hydrogen) atoms. The van der Waals surface area contributed by atoms with Crippen molar-refractivity contribution in [2.45, 2.75) is 45.4 Å². The number of benzene rings is 1. The quantitative estimate of drug-likeness (QED) is 0.313. The monoisotopic (exact) mass is 491 g/mol. The van der Waals surface area contributed by atoms with Crippen LogP contribution in [0, 0.1) is 11.8 Å². The van der Waals surface area contributed by atoms with Gasteiger partial charge in [0.25, 0.3) is 0 Å². The highest BCUT2D eigenvalue weighted by molar-refractivity contribution is 5.86. The molecule has 4 rings (SSSR count). The molecule has 0 amide bonds. The van der Waals surface area contributed by atoms with E-state index in [0.29, 0.717) is 59.4 Å². The number of fused-ring (bicyclic) bond motifs is 1. The Morgan fingerprint density at radius 3 is 2.67 bits per heavy atom. The minimum Gasteiger partial charge on any atom is -0.497 e. The van der Waals surface area contributed by atoms with Crippen LogP contribution in [0.5, 0.6) is 11.6 Å². The predicted octanol–water partition coefficient (Wildman–Crippen LogP) is 2.68. The first kappa shape index (κ1) is 25.0. The van der Waals surface area contributed by atoms with Crippen molar-refractivity contribution < 1.29 is 19.2 Å². The fraction of sp³-hybridized carbons (Fsp3) is 0.360. The zero-order valence-corrected chi connectivity index (χ0v) is 20.6. The molecule has 3 aromatic heterocycles. The van der Waals surface area contributed by atoms with Crippen LogP contribution in [-0.2, 0) is 6.54 Å². The largest absolute Gasteiger partial charge is 0.497 e. The summed E-state index contributed by atoms with van der Waals surface area (Å²) in [5, 5.41) is 17.8. The molecule has 0 radical (unpaired) electrons. The van der Waals surface area contributed by atoms with Crippen molar-refractivity contribution in [1.82, 2.24) is 24.8 Å². The number of imidazole rings is 1. The van der Waals surface area contributed by atoms with E-state index in [4.69, 9.17) is 30.6 Å². The van der Waals surface area contributed by atoms with Gasteiger partial charge in [0.1, 0.15) is 28.7 Å². The highest BCUT2D eigenvalue weighted by Gasteiger charge is 2.23. The van der Waals surface area contributed by atoms with Gasteiger partial charge in [-0.05, 0) is 61.2 Å². The van der Waals surface area contributed by atoms with Crippen molar-refractivity contribution in [1.29, 1.82) is 0 Å². The minimum absolute atomic E-state index is 0.120. The van der Waals surface area contributed by atoms with E-state index < -0.39 is 5.60 Å². The first-order valence-electron chi connectivity index (χ1n) is 11.5. The first-order chi connectivity index (χ1) is 17.2. The molecule has 0 bridgehead atoms. The highest BCUT2D eigenvalue weighted by atomic mass is 16.6. The third-order valence-corrected chi connectivity index (χ3v) is 5.40. The number of ether oxygens (including phenoxy) is 2. The molecular weight excluding hydrogens is 462 g/mol. The van der Waals surface area contributed by atoms with Gasteiger partial charge >= 0.3 is 0 Å². The third kappa shape index (κ3) is 5.25. The molecule has 11 heteroatoms. The number of nitrogens with zero attached hydrogens (tertiary/aromatic N) is 5. The molecule has 0 aliphatic carbocycles. The molecule has 0 saturated carbocycles. The van der Waals surface area contributed by atoms with Gasteiger partial charge in [0, 0.05) is 19.0 Å². The van der Waals surface area contributed by atoms with Crippen LogP contribution < -0.4 is 20.9 Å². The Balaban J connectivity index is 1.88. The molecule has 5 N–H and O–H groups in total. The van der Waals surface area contributed by atoms with Gasteiger partial charge in [-0.2, -0.15) is 0 Å². The summed E-state index contributed by atoms with van der Waals surface area (Å²) in [6, 6.07) is 9.40. The maximum absolute atomic E-state index is 10.2. The van der Waals surface area contributed by atoms with E-state index in [1.54, 1.807) is 27.0 Å². The van der Waals surface area contributed by atoms with Crippen LogP contribution in [-0.4, -0.2) is 49.2 Å². The van der Waals surface area contributed by atoms with Crippen molar-refractivity contribution >= 4 is 16.9 Å². The minimum atomic E-state index is -1.23. The van der Waals surface area contributed by atoms with Crippen LogP contribution in [0.3, 0.4) is 0 Å². The zero-order valence-electron chi connectivity index (χ0n) is 20.6. The number of nitrogen functional groups attached to an aromatic ring is 1. The van der Waals surface area contributed by atoms with Crippen LogP contribution >= 0.6 is 0 Å². The van der Waals surface area contributed by atoms with Crippen LogP contribution in [0.4, 0.5) is 5.82 Å². The van der Waals surface area contributed by atoms with Gasteiger partial charge in [-0.25, -0.2) is 14.6 Å². The predicted molar refractivity (Wildman–Crippen MR) is 134 cm³/mol. The normalized spacial score (nSPS) is 12.3. The van der Waals surface area contributed by atoms with E-state index in [-0.39, 0.29) is 11.9 Å². The standard InChI is InChI=1S/C25H29N7O4/c1-5-32-18-14-20(35-19(10-12-26)15-7-6-8-16(13-15)34-4)28-17(9-11-25(2,3)33)21(18)29-24(32)22-23(27)31-36-30-22/h6-8,13-14,19,33H,5,10,12,26H2,1-4H3,(H2,27,31). The molecule has 0 saturated heterocycles. The summed E-state index contributed by atoms with van der Waals surface area (Å²) in [6.07, 6.45) is 0.176. The lowest BCUT2D eigenvalue weighted by Crippen LogP contribution is -2.15. The van der Waals surface area contributed by atoms with Crippen molar-refractivity contribution in [3.8, 4) is 35.0 Å². The second-order valence-electron chi connectivity index (χ2n) is 8.62. The topological polar surface area (TPSA) is 160 Å². The number of nitrogens with two attached hydrogens (primary N) is 2. The molecule has 0 fully saturated rings. The van der Waals surface area contributed by atoms with Gasteiger partial charge in [-0.1, -0.05) is 18.1 Å². The van der Waals surface area contributed by atoms with E-state index in [0.717, 1.165) is 5.56 Å². The summed E-state index contributed by atoms with van der Waals surface area (Å²) in [6.45, 7) is 6.10. The molecule has 0 aliphatic rings. The van der Waals surface area contributed by atoms with Crippen molar-refractivity contribution in [2.24, 2.45) is 5.73 Å². The molecule has 1 atom stereocenters. The van der Waals surface area contributed by atoms with Gasteiger partial charge in [0.2, 0.25) is 5.88 Å². The van der Waals surface area contributed by atoms with E-state index in [2.05, 4.69) is 27.1 Å². The molecule has 188 valence electrons. The van der Waals surface area contributed by atoms with Gasteiger partial charge in [0.15, 0.2) is 17.3 Å². The molecule has 0 spiro atoms. The molecular formula is C25H29N7O4. The average Bonchev–Trinajstić information content (AvgIpc) is 3.44. The molecule has 1 unspecified atom stereocenters. The van der Waals surface area contributed by atoms with Gasteiger partial charge in [-0.15, -0.1) is 0 Å². The number of rotatable bonds is 8.